The van der Waals surface area contributed by atoms with Crippen LogP contribution in [0.3, 0.4) is 0 Å². The predicted molar refractivity (Wildman–Crippen MR) is 153 cm³/mol. The van der Waals surface area contributed by atoms with E-state index in [-0.39, 0.29) is 37.8 Å². The number of alkyl carbamates (subject to hydrolysis) is 1. The summed E-state index contributed by atoms with van der Waals surface area (Å²) in [6.07, 6.45) is -12.8. The third-order valence-corrected chi connectivity index (χ3v) is 8.74. The Labute approximate surface area is 261 Å². The van der Waals surface area contributed by atoms with Crippen molar-refractivity contribution in [1.29, 1.82) is 0 Å². The molecule has 0 aromatic heterocycles. The fourth-order valence-electron chi connectivity index (χ4n) is 6.01. The number of benzene rings is 3. The van der Waals surface area contributed by atoms with E-state index >= 15 is 0 Å². The van der Waals surface area contributed by atoms with Crippen molar-refractivity contribution in [2.75, 3.05) is 13.2 Å². The molecule has 5 rings (SSSR count). The number of hydrogen-bond donors (Lipinski definition) is 1. The Hall–Kier alpha value is -4.26. The van der Waals surface area contributed by atoms with Crippen LogP contribution < -0.4 is 5.32 Å². The van der Waals surface area contributed by atoms with Gasteiger partial charge in [-0.05, 0) is 61.6 Å². The molecule has 2 heterocycles. The highest BCUT2D eigenvalue weighted by atomic mass is 19.4. The number of piperidine rings is 1. The van der Waals surface area contributed by atoms with Crippen molar-refractivity contribution in [3.05, 3.63) is 107 Å². The molecule has 2 aliphatic rings. The first-order chi connectivity index (χ1) is 21.6. The average molecular weight is 651 g/mol. The molecule has 0 bridgehead atoms. The van der Waals surface area contributed by atoms with Gasteiger partial charge in [0.25, 0.3) is 0 Å². The fraction of sp³-hybridized carbons (Fsp3) is 0.394. The molecule has 1 N–H and O–H groups in total. The van der Waals surface area contributed by atoms with E-state index in [9.17, 15) is 35.9 Å². The molecule has 2 unspecified atom stereocenters. The minimum Gasteiger partial charge on any atom is -0.445 e. The van der Waals surface area contributed by atoms with E-state index in [1.54, 1.807) is 61.5 Å². The molecule has 13 heteroatoms. The van der Waals surface area contributed by atoms with Gasteiger partial charge in [-0.1, -0.05) is 60.7 Å². The maximum absolute atomic E-state index is 14.0. The Balaban J connectivity index is 1.51. The van der Waals surface area contributed by atoms with Crippen LogP contribution in [0.4, 0.5) is 35.9 Å². The maximum atomic E-state index is 14.0. The number of nitrogens with one attached hydrogen (secondary N) is 1. The van der Waals surface area contributed by atoms with E-state index in [4.69, 9.17) is 14.2 Å². The zero-order valence-electron chi connectivity index (χ0n) is 25.0. The van der Waals surface area contributed by atoms with Gasteiger partial charge in [0.2, 0.25) is 0 Å². The summed E-state index contributed by atoms with van der Waals surface area (Å²) in [5.41, 5.74) is -4.18. The van der Waals surface area contributed by atoms with Crippen molar-refractivity contribution in [1.82, 2.24) is 10.2 Å². The van der Waals surface area contributed by atoms with Crippen LogP contribution >= 0.6 is 0 Å². The normalized spacial score (nSPS) is 24.0. The highest BCUT2D eigenvalue weighted by molar-refractivity contribution is 5.73. The second kappa shape index (κ2) is 12.5. The lowest BCUT2D eigenvalue weighted by molar-refractivity contribution is -0.143. The number of likely N-dealkylation sites (tertiary alicyclic amines) is 1. The number of carbonyl (C=O) groups excluding carboxylic acids is 2. The van der Waals surface area contributed by atoms with Gasteiger partial charge in [-0.3, -0.25) is 4.90 Å². The third-order valence-electron chi connectivity index (χ3n) is 8.74. The van der Waals surface area contributed by atoms with Crippen molar-refractivity contribution >= 4 is 12.2 Å². The quantitative estimate of drug-likeness (QED) is 0.263. The van der Waals surface area contributed by atoms with Crippen molar-refractivity contribution in [3.63, 3.8) is 0 Å². The third kappa shape index (κ3) is 6.79. The number of hydrogen-bond acceptors (Lipinski definition) is 5. The Morgan fingerprint density at radius 2 is 1.54 bits per heavy atom. The average Bonchev–Trinajstić information content (AvgIpc) is 3.30. The molecule has 0 saturated carbocycles. The molecule has 2 aliphatic heterocycles. The van der Waals surface area contributed by atoms with Gasteiger partial charge in [0.15, 0.2) is 0 Å². The molecule has 2 amide bonds. The topological polar surface area (TPSA) is 77.1 Å². The summed E-state index contributed by atoms with van der Waals surface area (Å²) < 4.78 is 98.8. The number of alkyl halides is 6. The first-order valence-electron chi connectivity index (χ1n) is 14.6. The fourth-order valence-corrected chi connectivity index (χ4v) is 6.01. The number of rotatable bonds is 7. The van der Waals surface area contributed by atoms with Gasteiger partial charge >= 0.3 is 24.5 Å². The minimum atomic E-state index is -5.03. The smallest absolute Gasteiger partial charge is 0.416 e. The maximum Gasteiger partial charge on any atom is 0.416 e. The summed E-state index contributed by atoms with van der Waals surface area (Å²) in [6, 6.07) is 19.0. The lowest BCUT2D eigenvalue weighted by Gasteiger charge is -2.52. The summed E-state index contributed by atoms with van der Waals surface area (Å²) in [5.74, 6) is 0. The summed E-state index contributed by atoms with van der Waals surface area (Å²) in [6.45, 7) is 2.60. The van der Waals surface area contributed by atoms with E-state index in [1.165, 1.54) is 11.8 Å². The zero-order chi connectivity index (χ0) is 33.3. The lowest BCUT2D eigenvalue weighted by Crippen LogP contribution is -2.67. The first-order valence-corrected chi connectivity index (χ1v) is 14.6. The van der Waals surface area contributed by atoms with Crippen LogP contribution in [0.1, 0.15) is 60.6 Å². The van der Waals surface area contributed by atoms with Gasteiger partial charge in [-0.2, -0.15) is 26.3 Å². The van der Waals surface area contributed by atoms with Crippen molar-refractivity contribution in [2.45, 2.75) is 68.9 Å². The number of amides is 2. The van der Waals surface area contributed by atoms with E-state index in [2.05, 4.69) is 5.32 Å². The molecular weight excluding hydrogens is 618 g/mol. The van der Waals surface area contributed by atoms with Gasteiger partial charge in [0, 0.05) is 0 Å². The highest BCUT2D eigenvalue weighted by Crippen LogP contribution is 2.46. The molecule has 1 spiro atoms. The second-order valence-corrected chi connectivity index (χ2v) is 11.6. The van der Waals surface area contributed by atoms with Gasteiger partial charge in [-0.15, -0.1) is 0 Å². The monoisotopic (exact) mass is 650 g/mol. The standard InChI is InChI=1S/C33H32F6N2O5/c1-21(24-15-26(32(34,35)36)17-27(16-24)33(37,38)39)45-20-31(25-11-7-4-8-12-25)14-13-30(22(2)46-28(42)40-30)19-41(31)29(43)44-18-23-9-5-3-6-10-23/h3-12,15-17,21-22H,13-14,18-20H2,1-2H3,(H,40,42)/t21-,22?,30?,31-/m1/s1. The summed E-state index contributed by atoms with van der Waals surface area (Å²) in [4.78, 5) is 27.6. The molecule has 46 heavy (non-hydrogen) atoms. The van der Waals surface area contributed by atoms with Crippen molar-refractivity contribution in [3.8, 4) is 0 Å². The predicted octanol–water partition coefficient (Wildman–Crippen LogP) is 8.00. The largest absolute Gasteiger partial charge is 0.445 e. The van der Waals surface area contributed by atoms with E-state index in [0.717, 1.165) is 0 Å². The Bertz CT molecular complexity index is 1520. The van der Waals surface area contributed by atoms with Gasteiger partial charge < -0.3 is 19.5 Å². The van der Waals surface area contributed by atoms with Crippen LogP contribution in [0.15, 0.2) is 78.9 Å². The number of nitrogens with zero attached hydrogens (tertiary/aromatic N) is 1. The van der Waals surface area contributed by atoms with Crippen molar-refractivity contribution in [2.24, 2.45) is 0 Å². The van der Waals surface area contributed by atoms with Crippen molar-refractivity contribution < 1.29 is 50.1 Å². The molecule has 0 radical (unpaired) electrons. The first kappa shape index (κ1) is 33.1. The van der Waals surface area contributed by atoms with Crippen LogP contribution in [0.25, 0.3) is 0 Å². The van der Waals surface area contributed by atoms with Crippen LogP contribution in [-0.4, -0.2) is 41.9 Å². The van der Waals surface area contributed by atoms with Gasteiger partial charge in [0.05, 0.1) is 41.5 Å². The molecular formula is C33H32F6N2O5. The van der Waals surface area contributed by atoms with Gasteiger partial charge in [-0.25, -0.2) is 9.59 Å². The molecule has 246 valence electrons. The molecule has 4 atom stereocenters. The number of cyclic esters (lactones) is 1. The van der Waals surface area contributed by atoms with Crippen LogP contribution in [0, 0.1) is 0 Å². The lowest BCUT2D eigenvalue weighted by atomic mass is 9.73. The molecule has 7 nitrogen and oxygen atoms in total. The van der Waals surface area contributed by atoms with Crippen LogP contribution in [0.5, 0.6) is 0 Å². The van der Waals surface area contributed by atoms with Crippen LogP contribution in [-0.2, 0) is 38.7 Å². The summed E-state index contributed by atoms with van der Waals surface area (Å²) in [7, 11) is 0. The molecule has 0 aliphatic carbocycles. The highest BCUT2D eigenvalue weighted by Gasteiger charge is 2.57. The second-order valence-electron chi connectivity index (χ2n) is 11.6. The molecule has 2 fully saturated rings. The number of halogens is 6. The Morgan fingerprint density at radius 1 is 0.957 bits per heavy atom. The number of carbonyl (C=O) groups is 2. The van der Waals surface area contributed by atoms with E-state index in [0.29, 0.717) is 29.7 Å². The van der Waals surface area contributed by atoms with Gasteiger partial charge in [0.1, 0.15) is 12.7 Å². The summed E-state index contributed by atoms with van der Waals surface area (Å²) >= 11 is 0. The Morgan fingerprint density at radius 3 is 2.09 bits per heavy atom. The summed E-state index contributed by atoms with van der Waals surface area (Å²) in [5, 5.41) is 2.83. The molecule has 3 aromatic carbocycles. The Kier molecular flexibility index (Phi) is 9.00. The minimum absolute atomic E-state index is 0.0614. The van der Waals surface area contributed by atoms with E-state index < -0.39 is 59.0 Å². The SMILES string of the molecule is CC1OC(=O)NC12CC[C@@](CO[C@H](C)c1cc(C(F)(F)F)cc(C(F)(F)F)c1)(c1ccccc1)N(C(=O)OCc1ccccc1)C2. The molecule has 3 aromatic rings. The van der Waals surface area contributed by atoms with E-state index in [1.807, 2.05) is 6.07 Å². The zero-order valence-corrected chi connectivity index (χ0v) is 25.0. The molecule has 2 saturated heterocycles. The van der Waals surface area contributed by atoms with Crippen LogP contribution in [0.2, 0.25) is 0 Å². The number of ether oxygens (including phenoxy) is 3.